The van der Waals surface area contributed by atoms with E-state index in [1.807, 2.05) is 31.9 Å². The number of benzene rings is 1. The molecule has 0 saturated heterocycles. The summed E-state index contributed by atoms with van der Waals surface area (Å²) >= 11 is 0. The highest BCUT2D eigenvalue weighted by Gasteiger charge is 2.18. The maximum atomic E-state index is 5.45. The van der Waals surface area contributed by atoms with Gasteiger partial charge in [0.25, 0.3) is 0 Å². The second-order valence-electron chi connectivity index (χ2n) is 6.57. The van der Waals surface area contributed by atoms with E-state index in [0.29, 0.717) is 0 Å². The van der Waals surface area contributed by atoms with Gasteiger partial charge in [0.2, 0.25) is 0 Å². The predicted octanol–water partition coefficient (Wildman–Crippen LogP) is 2.97. The van der Waals surface area contributed by atoms with E-state index in [4.69, 9.17) is 9.47 Å². The maximum Gasteiger partial charge on any atom is 0.161 e. The van der Waals surface area contributed by atoms with Gasteiger partial charge in [-0.3, -0.25) is 4.68 Å². The highest BCUT2D eigenvalue weighted by molar-refractivity contribution is 5.50. The monoisotopic (exact) mass is 346 g/mol. The second-order valence-corrected chi connectivity index (χ2v) is 6.57. The Morgan fingerprint density at radius 3 is 2.32 bits per heavy atom. The molecule has 1 aromatic heterocycles. The first kappa shape index (κ1) is 19.1. The maximum absolute atomic E-state index is 5.45. The molecule has 0 bridgehead atoms. The summed E-state index contributed by atoms with van der Waals surface area (Å²) in [5, 5.41) is 8.17. The van der Waals surface area contributed by atoms with E-state index in [2.05, 4.69) is 42.2 Å². The first-order valence-corrected chi connectivity index (χ1v) is 8.45. The van der Waals surface area contributed by atoms with Gasteiger partial charge in [-0.15, -0.1) is 0 Å². The van der Waals surface area contributed by atoms with Crippen LogP contribution in [0, 0.1) is 13.8 Å². The first-order valence-electron chi connectivity index (χ1n) is 8.45. The summed E-state index contributed by atoms with van der Waals surface area (Å²) in [7, 11) is 9.39. The van der Waals surface area contributed by atoms with Gasteiger partial charge in [-0.2, -0.15) is 5.10 Å². The molecular formula is C19H30N4O2. The number of hydrogen-bond acceptors (Lipinski definition) is 5. The number of anilines is 1. The molecule has 25 heavy (non-hydrogen) atoms. The molecule has 2 rings (SSSR count). The number of aryl methyl sites for hydroxylation is 3. The standard InChI is InChI=1S/C19H30N4O2/c1-12-9-17(24-7)18(25-8)10-15(12)13(2)20-11-16-14(3)21-23(6)19(16)22(4)5/h9-10,13,20H,11H2,1-8H3/t13-/m1/s1. The molecular weight excluding hydrogens is 316 g/mol. The van der Waals surface area contributed by atoms with E-state index in [1.165, 1.54) is 16.7 Å². The lowest BCUT2D eigenvalue weighted by molar-refractivity contribution is 0.353. The van der Waals surface area contributed by atoms with Crippen molar-refractivity contribution in [3.63, 3.8) is 0 Å². The quantitative estimate of drug-likeness (QED) is 0.835. The van der Waals surface area contributed by atoms with E-state index in [0.717, 1.165) is 29.6 Å². The van der Waals surface area contributed by atoms with Crippen LogP contribution >= 0.6 is 0 Å². The predicted molar refractivity (Wildman–Crippen MR) is 102 cm³/mol. The van der Waals surface area contributed by atoms with E-state index >= 15 is 0 Å². The van der Waals surface area contributed by atoms with Crippen molar-refractivity contribution in [2.24, 2.45) is 7.05 Å². The smallest absolute Gasteiger partial charge is 0.161 e. The van der Waals surface area contributed by atoms with Crippen LogP contribution in [0.4, 0.5) is 5.82 Å². The third kappa shape index (κ3) is 3.90. The number of nitrogens with one attached hydrogen (secondary N) is 1. The Morgan fingerprint density at radius 1 is 1.16 bits per heavy atom. The van der Waals surface area contributed by atoms with Crippen LogP contribution < -0.4 is 19.7 Å². The molecule has 0 aliphatic carbocycles. The Hall–Kier alpha value is -2.21. The summed E-state index contributed by atoms with van der Waals surface area (Å²) in [6.45, 7) is 7.06. The topological polar surface area (TPSA) is 51.5 Å². The lowest BCUT2D eigenvalue weighted by Crippen LogP contribution is -2.22. The summed E-state index contributed by atoms with van der Waals surface area (Å²) in [6, 6.07) is 4.25. The van der Waals surface area contributed by atoms with Gasteiger partial charge in [-0.1, -0.05) is 0 Å². The minimum atomic E-state index is 0.175. The van der Waals surface area contributed by atoms with Crippen molar-refractivity contribution in [1.82, 2.24) is 15.1 Å². The molecule has 0 fully saturated rings. The first-order chi connectivity index (χ1) is 11.8. The normalized spacial score (nSPS) is 12.2. The number of ether oxygens (including phenoxy) is 2. The molecule has 1 atom stereocenters. The fourth-order valence-corrected chi connectivity index (χ4v) is 3.28. The van der Waals surface area contributed by atoms with E-state index in [9.17, 15) is 0 Å². The number of nitrogens with zero attached hydrogens (tertiary/aromatic N) is 3. The van der Waals surface area contributed by atoms with Crippen molar-refractivity contribution in [3.8, 4) is 11.5 Å². The molecule has 0 unspecified atom stereocenters. The molecule has 1 heterocycles. The number of aromatic nitrogens is 2. The van der Waals surface area contributed by atoms with Gasteiger partial charge >= 0.3 is 0 Å². The van der Waals surface area contributed by atoms with Crippen molar-refractivity contribution in [3.05, 3.63) is 34.5 Å². The van der Waals surface area contributed by atoms with Gasteiger partial charge in [0.15, 0.2) is 11.5 Å². The highest BCUT2D eigenvalue weighted by Crippen LogP contribution is 2.33. The summed E-state index contributed by atoms with van der Waals surface area (Å²) < 4.78 is 12.8. The van der Waals surface area contributed by atoms with Crippen LogP contribution in [0.1, 0.15) is 35.3 Å². The van der Waals surface area contributed by atoms with Crippen LogP contribution in [0.5, 0.6) is 11.5 Å². The Bertz CT molecular complexity index is 738. The zero-order valence-electron chi connectivity index (χ0n) is 16.6. The molecule has 0 spiro atoms. The van der Waals surface area contributed by atoms with Gasteiger partial charge in [-0.25, -0.2) is 0 Å². The average molecular weight is 346 g/mol. The third-order valence-electron chi connectivity index (χ3n) is 4.56. The molecule has 6 nitrogen and oxygen atoms in total. The van der Waals surface area contributed by atoms with Crippen molar-refractivity contribution in [2.45, 2.75) is 33.4 Å². The van der Waals surface area contributed by atoms with Crippen molar-refractivity contribution in [2.75, 3.05) is 33.2 Å². The van der Waals surface area contributed by atoms with Gasteiger partial charge in [-0.05, 0) is 44.0 Å². The Morgan fingerprint density at radius 2 is 1.76 bits per heavy atom. The number of methoxy groups -OCH3 is 2. The fourth-order valence-electron chi connectivity index (χ4n) is 3.28. The van der Waals surface area contributed by atoms with Crippen LogP contribution in [0.15, 0.2) is 12.1 Å². The van der Waals surface area contributed by atoms with Crippen LogP contribution in [0.3, 0.4) is 0 Å². The molecule has 1 aromatic carbocycles. The average Bonchev–Trinajstić information content (AvgIpc) is 2.85. The van der Waals surface area contributed by atoms with Crippen LogP contribution in [-0.2, 0) is 13.6 Å². The highest BCUT2D eigenvalue weighted by atomic mass is 16.5. The molecule has 6 heteroatoms. The fraction of sp³-hybridized carbons (Fsp3) is 0.526. The molecule has 138 valence electrons. The van der Waals surface area contributed by atoms with Gasteiger partial charge in [0.1, 0.15) is 5.82 Å². The van der Waals surface area contributed by atoms with Crippen LogP contribution in [0.2, 0.25) is 0 Å². The summed E-state index contributed by atoms with van der Waals surface area (Å²) in [6.07, 6.45) is 0. The minimum absolute atomic E-state index is 0.175. The molecule has 0 amide bonds. The summed E-state index contributed by atoms with van der Waals surface area (Å²) in [4.78, 5) is 2.10. The van der Waals surface area contributed by atoms with Gasteiger partial charge in [0.05, 0.1) is 19.9 Å². The molecule has 1 N–H and O–H groups in total. The zero-order chi connectivity index (χ0) is 18.7. The lowest BCUT2D eigenvalue weighted by atomic mass is 10.0. The lowest BCUT2D eigenvalue weighted by Gasteiger charge is -2.20. The third-order valence-corrected chi connectivity index (χ3v) is 4.56. The summed E-state index contributed by atoms with van der Waals surface area (Å²) in [5.74, 6) is 2.64. The summed E-state index contributed by atoms with van der Waals surface area (Å²) in [5.41, 5.74) is 4.64. The number of hydrogen-bond donors (Lipinski definition) is 1. The van der Waals surface area contributed by atoms with Gasteiger partial charge < -0.3 is 19.7 Å². The Kier molecular flexibility index (Phi) is 5.95. The minimum Gasteiger partial charge on any atom is -0.493 e. The Balaban J connectivity index is 2.23. The Labute approximate surface area is 150 Å². The van der Waals surface area contributed by atoms with Gasteiger partial charge in [0, 0.05) is 39.3 Å². The number of rotatable bonds is 7. The van der Waals surface area contributed by atoms with E-state index in [1.54, 1.807) is 14.2 Å². The largest absolute Gasteiger partial charge is 0.493 e. The van der Waals surface area contributed by atoms with Crippen molar-refractivity contribution < 1.29 is 9.47 Å². The molecule has 2 aromatic rings. The SMILES string of the molecule is COc1cc(C)c([C@@H](C)NCc2c(C)nn(C)c2N(C)C)cc1OC. The van der Waals surface area contributed by atoms with Crippen molar-refractivity contribution in [1.29, 1.82) is 0 Å². The van der Waals surface area contributed by atoms with E-state index < -0.39 is 0 Å². The van der Waals surface area contributed by atoms with Crippen molar-refractivity contribution >= 4 is 5.82 Å². The molecule has 0 aliphatic rings. The second kappa shape index (κ2) is 7.78. The molecule has 0 saturated carbocycles. The van der Waals surface area contributed by atoms with Crippen LogP contribution in [-0.4, -0.2) is 38.1 Å². The molecule has 0 aliphatic heterocycles. The van der Waals surface area contributed by atoms with Crippen LogP contribution in [0.25, 0.3) is 0 Å². The zero-order valence-corrected chi connectivity index (χ0v) is 16.6. The molecule has 0 radical (unpaired) electrons. The van der Waals surface area contributed by atoms with E-state index in [-0.39, 0.29) is 6.04 Å².